The molecule has 0 aromatic rings. The highest BCUT2D eigenvalue weighted by Crippen LogP contribution is 2.00. The molecule has 2 heteroatoms. The molecule has 0 spiro atoms. The molecule has 0 rings (SSSR count). The van der Waals surface area contributed by atoms with Crippen molar-refractivity contribution in [3.63, 3.8) is 0 Å². The first-order chi connectivity index (χ1) is 4.59. The zero-order valence-corrected chi connectivity index (χ0v) is 6.68. The molecular formula is C8H15NO. The number of hydrogen-bond acceptors (Lipinski definition) is 2. The van der Waals surface area contributed by atoms with E-state index >= 15 is 0 Å². The molecule has 0 aromatic heterocycles. The Morgan fingerprint density at radius 2 is 2.20 bits per heavy atom. The Kier molecular flexibility index (Phi) is 3.96. The number of rotatable bonds is 4. The van der Waals surface area contributed by atoms with Gasteiger partial charge < -0.3 is 5.73 Å². The summed E-state index contributed by atoms with van der Waals surface area (Å²) in [6.07, 6.45) is 1.70. The predicted molar refractivity (Wildman–Crippen MR) is 42.7 cm³/mol. The Bertz CT molecular complexity index is 140. The second-order valence-electron chi connectivity index (χ2n) is 2.54. The largest absolute Gasteiger partial charge is 0.321 e. The summed E-state index contributed by atoms with van der Waals surface area (Å²) in [5.41, 5.74) is 6.07. The van der Waals surface area contributed by atoms with Crippen LogP contribution in [-0.2, 0) is 4.79 Å². The molecule has 0 heterocycles. The third kappa shape index (κ3) is 2.78. The zero-order valence-electron chi connectivity index (χ0n) is 6.68. The van der Waals surface area contributed by atoms with E-state index in [0.29, 0.717) is 5.57 Å². The molecule has 2 nitrogen and oxygen atoms in total. The van der Waals surface area contributed by atoms with Crippen LogP contribution in [0.3, 0.4) is 0 Å². The van der Waals surface area contributed by atoms with Gasteiger partial charge in [0.25, 0.3) is 0 Å². The predicted octanol–water partition coefficient (Wildman–Crippen LogP) is 1.26. The first kappa shape index (κ1) is 9.37. The van der Waals surface area contributed by atoms with Crippen LogP contribution in [0.25, 0.3) is 0 Å². The number of carbonyl (C=O) groups excluding carboxylic acids is 1. The normalized spacial score (nSPS) is 12.7. The van der Waals surface area contributed by atoms with Crippen molar-refractivity contribution in [2.75, 3.05) is 0 Å². The van der Waals surface area contributed by atoms with Gasteiger partial charge in [0.05, 0.1) is 6.04 Å². The highest BCUT2D eigenvalue weighted by atomic mass is 16.1. The third-order valence-corrected chi connectivity index (χ3v) is 1.36. The number of ketones is 1. The van der Waals surface area contributed by atoms with Crippen molar-refractivity contribution < 1.29 is 4.79 Å². The van der Waals surface area contributed by atoms with Gasteiger partial charge in [-0.2, -0.15) is 0 Å². The first-order valence-electron chi connectivity index (χ1n) is 3.55. The fourth-order valence-electron chi connectivity index (χ4n) is 0.759. The van der Waals surface area contributed by atoms with E-state index in [-0.39, 0.29) is 11.8 Å². The minimum Gasteiger partial charge on any atom is -0.321 e. The smallest absolute Gasteiger partial charge is 0.174 e. The van der Waals surface area contributed by atoms with Crippen molar-refractivity contribution >= 4 is 5.78 Å². The summed E-state index contributed by atoms with van der Waals surface area (Å²) < 4.78 is 0. The standard InChI is InChI=1S/C8H15NO/c1-4-5-7(9)8(10)6(2)3/h7H,2,4-5,9H2,1,3H3. The lowest BCUT2D eigenvalue weighted by Gasteiger charge is -2.07. The van der Waals surface area contributed by atoms with Crippen LogP contribution in [-0.4, -0.2) is 11.8 Å². The molecule has 0 amide bonds. The first-order valence-corrected chi connectivity index (χ1v) is 3.55. The van der Waals surface area contributed by atoms with Crippen LogP contribution in [0.2, 0.25) is 0 Å². The molecule has 10 heavy (non-hydrogen) atoms. The Morgan fingerprint density at radius 3 is 2.50 bits per heavy atom. The second-order valence-corrected chi connectivity index (χ2v) is 2.54. The van der Waals surface area contributed by atoms with Crippen molar-refractivity contribution in [3.8, 4) is 0 Å². The van der Waals surface area contributed by atoms with Crippen LogP contribution < -0.4 is 5.73 Å². The number of Topliss-reactive ketones (excluding diaryl/α,β-unsaturated/α-hetero) is 1. The minimum absolute atomic E-state index is 0.0122. The average Bonchev–Trinajstić information content (AvgIpc) is 1.87. The molecule has 0 saturated carbocycles. The molecule has 0 aliphatic rings. The van der Waals surface area contributed by atoms with Crippen molar-refractivity contribution in [2.45, 2.75) is 32.7 Å². The molecule has 1 unspecified atom stereocenters. The maximum absolute atomic E-state index is 11.0. The maximum atomic E-state index is 11.0. The van der Waals surface area contributed by atoms with Gasteiger partial charge >= 0.3 is 0 Å². The summed E-state index contributed by atoms with van der Waals surface area (Å²) in [5, 5.41) is 0. The lowest BCUT2D eigenvalue weighted by atomic mass is 10.0. The fourth-order valence-corrected chi connectivity index (χ4v) is 0.759. The Balaban J connectivity index is 3.82. The van der Waals surface area contributed by atoms with Gasteiger partial charge in [0.2, 0.25) is 0 Å². The quantitative estimate of drug-likeness (QED) is 0.599. The molecule has 0 bridgehead atoms. The van der Waals surface area contributed by atoms with Crippen LogP contribution >= 0.6 is 0 Å². The van der Waals surface area contributed by atoms with Crippen LogP contribution in [0.4, 0.5) is 0 Å². The van der Waals surface area contributed by atoms with E-state index < -0.39 is 0 Å². The van der Waals surface area contributed by atoms with Gasteiger partial charge in [-0.25, -0.2) is 0 Å². The summed E-state index contributed by atoms with van der Waals surface area (Å²) in [7, 11) is 0. The Labute approximate surface area is 62.1 Å². The van der Waals surface area contributed by atoms with Crippen LogP contribution in [0.5, 0.6) is 0 Å². The number of nitrogens with two attached hydrogens (primary N) is 1. The fraction of sp³-hybridized carbons (Fsp3) is 0.625. The van der Waals surface area contributed by atoms with Gasteiger partial charge in [0, 0.05) is 0 Å². The molecule has 0 radical (unpaired) electrons. The molecule has 0 aromatic carbocycles. The highest BCUT2D eigenvalue weighted by Gasteiger charge is 2.11. The minimum atomic E-state index is -0.331. The zero-order chi connectivity index (χ0) is 8.15. The SMILES string of the molecule is C=C(C)C(=O)C(N)CCC. The molecule has 0 fully saturated rings. The summed E-state index contributed by atoms with van der Waals surface area (Å²) >= 11 is 0. The highest BCUT2D eigenvalue weighted by molar-refractivity contribution is 5.98. The maximum Gasteiger partial charge on any atom is 0.174 e. The second kappa shape index (κ2) is 4.23. The van der Waals surface area contributed by atoms with E-state index in [1.807, 2.05) is 6.92 Å². The summed E-state index contributed by atoms with van der Waals surface area (Å²) in [4.78, 5) is 11.0. The van der Waals surface area contributed by atoms with Crippen molar-refractivity contribution in [3.05, 3.63) is 12.2 Å². The van der Waals surface area contributed by atoms with Gasteiger partial charge in [-0.15, -0.1) is 0 Å². The van der Waals surface area contributed by atoms with E-state index in [1.165, 1.54) is 0 Å². The number of hydrogen-bond donors (Lipinski definition) is 1. The topological polar surface area (TPSA) is 43.1 Å². The number of carbonyl (C=O) groups is 1. The lowest BCUT2D eigenvalue weighted by molar-refractivity contribution is -0.116. The monoisotopic (exact) mass is 141 g/mol. The van der Waals surface area contributed by atoms with E-state index in [2.05, 4.69) is 6.58 Å². The van der Waals surface area contributed by atoms with Gasteiger partial charge in [0.1, 0.15) is 0 Å². The van der Waals surface area contributed by atoms with Crippen molar-refractivity contribution in [2.24, 2.45) is 5.73 Å². The molecule has 0 saturated heterocycles. The molecule has 58 valence electrons. The van der Waals surface area contributed by atoms with Crippen molar-refractivity contribution in [1.29, 1.82) is 0 Å². The van der Waals surface area contributed by atoms with Gasteiger partial charge in [-0.1, -0.05) is 19.9 Å². The van der Waals surface area contributed by atoms with Crippen molar-refractivity contribution in [1.82, 2.24) is 0 Å². The van der Waals surface area contributed by atoms with E-state index in [0.717, 1.165) is 12.8 Å². The van der Waals surface area contributed by atoms with Crippen LogP contribution in [0.1, 0.15) is 26.7 Å². The van der Waals surface area contributed by atoms with E-state index in [1.54, 1.807) is 6.92 Å². The Morgan fingerprint density at radius 1 is 1.70 bits per heavy atom. The van der Waals surface area contributed by atoms with Gasteiger partial charge in [-0.3, -0.25) is 4.79 Å². The molecule has 1 atom stereocenters. The van der Waals surface area contributed by atoms with Crippen LogP contribution in [0, 0.1) is 0 Å². The third-order valence-electron chi connectivity index (χ3n) is 1.36. The summed E-state index contributed by atoms with van der Waals surface area (Å²) in [6.45, 7) is 7.23. The van der Waals surface area contributed by atoms with E-state index in [9.17, 15) is 4.79 Å². The molecule has 2 N–H and O–H groups in total. The summed E-state index contributed by atoms with van der Waals surface area (Å²) in [6, 6.07) is -0.331. The Hall–Kier alpha value is -0.630. The lowest BCUT2D eigenvalue weighted by Crippen LogP contribution is -2.30. The summed E-state index contributed by atoms with van der Waals surface area (Å²) in [5.74, 6) is -0.0122. The molecule has 0 aliphatic heterocycles. The van der Waals surface area contributed by atoms with Gasteiger partial charge in [0.15, 0.2) is 5.78 Å². The average molecular weight is 141 g/mol. The molecular weight excluding hydrogens is 126 g/mol. The van der Waals surface area contributed by atoms with Crippen LogP contribution in [0.15, 0.2) is 12.2 Å². The van der Waals surface area contributed by atoms with Gasteiger partial charge in [-0.05, 0) is 18.9 Å². The van der Waals surface area contributed by atoms with E-state index in [4.69, 9.17) is 5.73 Å². The molecule has 0 aliphatic carbocycles.